The molecule has 5 nitrogen and oxygen atoms in total. The van der Waals surface area contributed by atoms with E-state index < -0.39 is 0 Å². The Bertz CT molecular complexity index is 1330. The molecule has 0 atom stereocenters. The number of aromatic nitrogens is 1. The number of halogens is 1. The first-order valence-corrected chi connectivity index (χ1v) is 10.8. The van der Waals surface area contributed by atoms with Crippen molar-refractivity contribution in [3.63, 3.8) is 0 Å². The molecule has 3 aromatic carbocycles. The summed E-state index contributed by atoms with van der Waals surface area (Å²) in [7, 11) is 0. The summed E-state index contributed by atoms with van der Waals surface area (Å²) in [5, 5.41) is 3.71. The summed E-state index contributed by atoms with van der Waals surface area (Å²) in [6.45, 7) is 2.35. The number of nitrogens with one attached hydrogen (secondary N) is 1. The van der Waals surface area contributed by atoms with E-state index in [0.29, 0.717) is 23.4 Å². The van der Waals surface area contributed by atoms with Crippen LogP contribution in [-0.4, -0.2) is 23.6 Å². The van der Waals surface area contributed by atoms with Gasteiger partial charge in [-0.2, -0.15) is 0 Å². The molecule has 0 aliphatic carbocycles. The molecule has 0 saturated heterocycles. The van der Waals surface area contributed by atoms with E-state index in [1.807, 2.05) is 43.3 Å². The number of carbonyl (C=O) groups excluding carboxylic acids is 1. The van der Waals surface area contributed by atoms with Crippen molar-refractivity contribution < 1.29 is 13.9 Å². The van der Waals surface area contributed by atoms with Crippen LogP contribution in [0, 0.1) is 12.7 Å². The second-order valence-electron chi connectivity index (χ2n) is 7.90. The molecule has 0 radical (unpaired) electrons. The largest absolute Gasteiger partial charge is 0.484 e. The van der Waals surface area contributed by atoms with Crippen molar-refractivity contribution in [2.24, 2.45) is 0 Å². The summed E-state index contributed by atoms with van der Waals surface area (Å²) in [5.41, 5.74) is 2.81. The fraction of sp³-hybridized carbons (Fsp3) is 0.185. The molecule has 0 unspecified atom stereocenters. The third kappa shape index (κ3) is 5.47. The lowest BCUT2D eigenvalue weighted by atomic mass is 10.1. The molecular formula is C27H25FN2O3. The van der Waals surface area contributed by atoms with Crippen molar-refractivity contribution in [2.45, 2.75) is 19.9 Å². The van der Waals surface area contributed by atoms with Gasteiger partial charge in [0.05, 0.1) is 12.1 Å². The van der Waals surface area contributed by atoms with Crippen LogP contribution in [0.15, 0.2) is 83.7 Å². The Balaban J connectivity index is 1.48. The Morgan fingerprint density at radius 1 is 1.00 bits per heavy atom. The van der Waals surface area contributed by atoms with Crippen molar-refractivity contribution in [3.8, 4) is 5.75 Å². The molecule has 0 spiro atoms. The van der Waals surface area contributed by atoms with Crippen LogP contribution in [0.4, 0.5) is 4.39 Å². The first-order chi connectivity index (χ1) is 16.0. The van der Waals surface area contributed by atoms with Crippen molar-refractivity contribution in [3.05, 3.63) is 112 Å². The van der Waals surface area contributed by atoms with E-state index in [1.165, 1.54) is 10.6 Å². The van der Waals surface area contributed by atoms with Gasteiger partial charge < -0.3 is 14.6 Å². The third-order valence-electron chi connectivity index (χ3n) is 5.53. The molecular weight excluding hydrogens is 419 g/mol. The van der Waals surface area contributed by atoms with Gasteiger partial charge in [-0.1, -0.05) is 48.5 Å². The van der Waals surface area contributed by atoms with Gasteiger partial charge in [-0.15, -0.1) is 0 Å². The zero-order valence-electron chi connectivity index (χ0n) is 18.4. The third-order valence-corrected chi connectivity index (χ3v) is 5.53. The van der Waals surface area contributed by atoms with E-state index in [-0.39, 0.29) is 30.4 Å². The van der Waals surface area contributed by atoms with E-state index in [0.717, 1.165) is 22.9 Å². The Labute approximate surface area is 191 Å². The number of pyridine rings is 1. The van der Waals surface area contributed by atoms with Crippen LogP contribution >= 0.6 is 0 Å². The van der Waals surface area contributed by atoms with Crippen molar-refractivity contribution in [1.82, 2.24) is 9.88 Å². The molecule has 0 fully saturated rings. The monoisotopic (exact) mass is 444 g/mol. The van der Waals surface area contributed by atoms with Gasteiger partial charge in [0.15, 0.2) is 6.61 Å². The summed E-state index contributed by atoms with van der Waals surface area (Å²) in [4.78, 5) is 24.9. The van der Waals surface area contributed by atoms with Gasteiger partial charge in [-0.25, -0.2) is 4.39 Å². The second-order valence-corrected chi connectivity index (χ2v) is 7.90. The van der Waals surface area contributed by atoms with Gasteiger partial charge in [0.2, 0.25) is 0 Å². The average molecular weight is 445 g/mol. The summed E-state index contributed by atoms with van der Waals surface area (Å²) in [5.74, 6) is -0.121. The SMILES string of the molecule is Cc1cc(=O)n(Cc2ccccc2F)c2cc(OCC(=O)NCCc3ccccc3)ccc12. The maximum atomic E-state index is 14.2. The summed E-state index contributed by atoms with van der Waals surface area (Å²) in [6.07, 6.45) is 0.740. The number of rotatable bonds is 8. The number of amides is 1. The van der Waals surface area contributed by atoms with Crippen molar-refractivity contribution in [2.75, 3.05) is 13.2 Å². The van der Waals surface area contributed by atoms with Gasteiger partial charge in [0, 0.05) is 29.6 Å². The van der Waals surface area contributed by atoms with Crippen LogP contribution in [0.1, 0.15) is 16.7 Å². The smallest absolute Gasteiger partial charge is 0.257 e. The summed E-state index contributed by atoms with van der Waals surface area (Å²) >= 11 is 0. The van der Waals surface area contributed by atoms with Gasteiger partial charge in [-0.05, 0) is 42.7 Å². The highest BCUT2D eigenvalue weighted by Crippen LogP contribution is 2.23. The molecule has 0 aliphatic heterocycles. The van der Waals surface area contributed by atoms with Gasteiger partial charge in [-0.3, -0.25) is 9.59 Å². The number of ether oxygens (including phenoxy) is 1. The minimum atomic E-state index is -0.363. The maximum absolute atomic E-state index is 14.2. The number of carbonyl (C=O) groups is 1. The Hall–Kier alpha value is -3.93. The van der Waals surface area contributed by atoms with Crippen LogP contribution in [0.25, 0.3) is 10.9 Å². The number of hydrogen-bond donors (Lipinski definition) is 1. The first kappa shape index (κ1) is 22.3. The number of nitrogens with zero attached hydrogens (tertiary/aromatic N) is 1. The van der Waals surface area contributed by atoms with E-state index in [2.05, 4.69) is 5.32 Å². The van der Waals surface area contributed by atoms with Crippen LogP contribution in [0.5, 0.6) is 5.75 Å². The number of benzene rings is 3. The summed E-state index contributed by atoms with van der Waals surface area (Å²) in [6, 6.07) is 23.2. The molecule has 6 heteroatoms. The quantitative estimate of drug-likeness (QED) is 0.442. The highest BCUT2D eigenvalue weighted by atomic mass is 19.1. The van der Waals surface area contributed by atoms with Gasteiger partial charge in [0.25, 0.3) is 11.5 Å². The summed E-state index contributed by atoms with van der Waals surface area (Å²) < 4.78 is 21.4. The maximum Gasteiger partial charge on any atom is 0.257 e. The Morgan fingerprint density at radius 3 is 2.55 bits per heavy atom. The Morgan fingerprint density at radius 2 is 1.76 bits per heavy atom. The molecule has 0 saturated carbocycles. The van der Waals surface area contributed by atoms with E-state index in [9.17, 15) is 14.0 Å². The molecule has 4 rings (SSSR count). The van der Waals surface area contributed by atoms with Crippen LogP contribution < -0.4 is 15.6 Å². The van der Waals surface area contributed by atoms with Crippen LogP contribution in [0.2, 0.25) is 0 Å². The number of hydrogen-bond acceptors (Lipinski definition) is 3. The molecule has 33 heavy (non-hydrogen) atoms. The predicted molar refractivity (Wildman–Crippen MR) is 127 cm³/mol. The topological polar surface area (TPSA) is 60.3 Å². The zero-order chi connectivity index (χ0) is 23.2. The lowest BCUT2D eigenvalue weighted by molar-refractivity contribution is -0.123. The standard InChI is InChI=1S/C27H25FN2O3/c1-19-15-27(32)30(17-21-9-5-6-10-24(21)28)25-16-22(11-12-23(19)25)33-18-26(31)29-14-13-20-7-3-2-4-8-20/h2-12,15-16H,13-14,17-18H2,1H3,(H,29,31). The van der Waals surface area contributed by atoms with Gasteiger partial charge in [0.1, 0.15) is 11.6 Å². The molecule has 1 N–H and O–H groups in total. The highest BCUT2D eigenvalue weighted by molar-refractivity contribution is 5.84. The number of fused-ring (bicyclic) bond motifs is 1. The highest BCUT2D eigenvalue weighted by Gasteiger charge is 2.11. The van der Waals surface area contributed by atoms with E-state index >= 15 is 0 Å². The minimum Gasteiger partial charge on any atom is -0.484 e. The predicted octanol–water partition coefficient (Wildman–Crippen LogP) is 4.24. The normalized spacial score (nSPS) is 10.8. The van der Waals surface area contributed by atoms with E-state index in [1.54, 1.807) is 36.4 Å². The van der Waals surface area contributed by atoms with E-state index in [4.69, 9.17) is 4.74 Å². The average Bonchev–Trinajstić information content (AvgIpc) is 2.82. The van der Waals surface area contributed by atoms with Crippen molar-refractivity contribution >= 4 is 16.8 Å². The molecule has 1 aromatic heterocycles. The first-order valence-electron chi connectivity index (χ1n) is 10.8. The zero-order valence-corrected chi connectivity index (χ0v) is 18.4. The fourth-order valence-corrected chi connectivity index (χ4v) is 3.77. The lowest BCUT2D eigenvalue weighted by Crippen LogP contribution is -2.30. The molecule has 168 valence electrons. The molecule has 1 amide bonds. The van der Waals surface area contributed by atoms with Crippen LogP contribution in [-0.2, 0) is 17.8 Å². The lowest BCUT2D eigenvalue weighted by Gasteiger charge is -2.14. The number of aryl methyl sites for hydroxylation is 1. The molecule has 0 bridgehead atoms. The molecule has 0 aliphatic rings. The molecule has 4 aromatic rings. The Kier molecular flexibility index (Phi) is 6.83. The second kappa shape index (κ2) is 10.1. The van der Waals surface area contributed by atoms with Crippen molar-refractivity contribution in [1.29, 1.82) is 0 Å². The fourth-order valence-electron chi connectivity index (χ4n) is 3.77. The minimum absolute atomic E-state index is 0.103. The van der Waals surface area contributed by atoms with Crippen LogP contribution in [0.3, 0.4) is 0 Å². The van der Waals surface area contributed by atoms with Gasteiger partial charge >= 0.3 is 0 Å². The molecule has 1 heterocycles.